The first-order chi connectivity index (χ1) is 11.9. The van der Waals surface area contributed by atoms with Gasteiger partial charge < -0.3 is 15.3 Å². The van der Waals surface area contributed by atoms with Gasteiger partial charge in [0.05, 0.1) is 10.6 Å². The van der Waals surface area contributed by atoms with Gasteiger partial charge in [-0.2, -0.15) is 0 Å². The Labute approximate surface area is 152 Å². The zero-order chi connectivity index (χ0) is 18.1. The molecular formula is C17H11NO5S2. The van der Waals surface area contributed by atoms with Crippen molar-refractivity contribution in [3.05, 3.63) is 58.5 Å². The summed E-state index contributed by atoms with van der Waals surface area (Å²) in [6.07, 6.45) is 1.52. The van der Waals surface area contributed by atoms with Gasteiger partial charge in [0, 0.05) is 5.56 Å². The Kier molecular flexibility index (Phi) is 4.47. The van der Waals surface area contributed by atoms with Crippen molar-refractivity contribution >= 4 is 51.9 Å². The molecule has 0 spiro atoms. The summed E-state index contributed by atoms with van der Waals surface area (Å²) in [4.78, 5) is 25.3. The molecule has 1 aliphatic heterocycles. The number of anilines is 1. The van der Waals surface area contributed by atoms with Crippen LogP contribution in [0.2, 0.25) is 0 Å². The highest BCUT2D eigenvalue weighted by atomic mass is 32.2. The number of carbonyl (C=O) groups is 2. The molecule has 1 heterocycles. The number of thiocarbonyl (C=S) groups is 1. The van der Waals surface area contributed by atoms with E-state index in [-0.39, 0.29) is 21.3 Å². The fourth-order valence-electron chi connectivity index (χ4n) is 2.28. The van der Waals surface area contributed by atoms with E-state index in [4.69, 9.17) is 17.3 Å². The Bertz CT molecular complexity index is 938. The average Bonchev–Trinajstić information content (AvgIpc) is 2.84. The Morgan fingerprint density at radius 3 is 2.52 bits per heavy atom. The molecule has 2 aromatic rings. The highest BCUT2D eigenvalue weighted by Gasteiger charge is 2.34. The molecule has 1 fully saturated rings. The standard InChI is InChI=1S/C17H11NO5S2/c19-12-4-2-1-3-9(12)7-14-15(21)18(17(24)25-14)10-5-6-13(20)11(8-10)16(22)23/h1-8,19-20H,(H,22,23)/b14-7-. The summed E-state index contributed by atoms with van der Waals surface area (Å²) in [5.74, 6) is -2.10. The Balaban J connectivity index is 1.99. The lowest BCUT2D eigenvalue weighted by Crippen LogP contribution is -2.27. The van der Waals surface area contributed by atoms with Crippen molar-refractivity contribution in [3.8, 4) is 11.5 Å². The number of hydrogen-bond acceptors (Lipinski definition) is 6. The summed E-state index contributed by atoms with van der Waals surface area (Å²) in [7, 11) is 0. The van der Waals surface area contributed by atoms with Crippen LogP contribution in [0, 0.1) is 0 Å². The minimum absolute atomic E-state index is 0.0329. The number of rotatable bonds is 3. The third-order valence-corrected chi connectivity index (χ3v) is 4.79. The first-order valence-electron chi connectivity index (χ1n) is 7.00. The van der Waals surface area contributed by atoms with Crippen molar-refractivity contribution in [3.63, 3.8) is 0 Å². The number of aromatic carboxylic acids is 1. The number of carboxylic acid groups (broad SMARTS) is 1. The molecule has 2 aromatic carbocycles. The molecule has 126 valence electrons. The maximum absolute atomic E-state index is 12.7. The van der Waals surface area contributed by atoms with Crippen molar-refractivity contribution in [2.24, 2.45) is 0 Å². The van der Waals surface area contributed by atoms with E-state index in [9.17, 15) is 19.8 Å². The second kappa shape index (κ2) is 6.58. The number of amides is 1. The van der Waals surface area contributed by atoms with E-state index in [1.807, 2.05) is 0 Å². The van der Waals surface area contributed by atoms with Gasteiger partial charge in [-0.3, -0.25) is 9.69 Å². The van der Waals surface area contributed by atoms with Crippen molar-refractivity contribution in [2.45, 2.75) is 0 Å². The zero-order valence-corrected chi connectivity index (χ0v) is 14.2. The van der Waals surface area contributed by atoms with Gasteiger partial charge in [0.1, 0.15) is 17.1 Å². The fourth-order valence-corrected chi connectivity index (χ4v) is 3.57. The van der Waals surface area contributed by atoms with Crippen LogP contribution in [0.5, 0.6) is 11.5 Å². The second-order valence-corrected chi connectivity index (χ2v) is 6.76. The van der Waals surface area contributed by atoms with Gasteiger partial charge in [-0.25, -0.2) is 4.79 Å². The summed E-state index contributed by atoms with van der Waals surface area (Å²) < 4.78 is 0.230. The van der Waals surface area contributed by atoms with Crippen LogP contribution in [0.15, 0.2) is 47.4 Å². The minimum atomic E-state index is -1.31. The average molecular weight is 373 g/mol. The molecule has 1 aliphatic rings. The number of phenolic OH excluding ortho intramolecular Hbond substituents is 1. The SMILES string of the molecule is O=C(O)c1cc(N2C(=O)/C(=C/c3ccccc3O)SC2=S)ccc1O. The molecule has 1 amide bonds. The van der Waals surface area contributed by atoms with E-state index in [0.29, 0.717) is 10.5 Å². The summed E-state index contributed by atoms with van der Waals surface area (Å²) in [5.41, 5.74) is 0.398. The molecule has 0 saturated carbocycles. The van der Waals surface area contributed by atoms with Crippen LogP contribution >= 0.6 is 24.0 Å². The zero-order valence-electron chi connectivity index (χ0n) is 12.5. The Hall–Kier alpha value is -2.84. The van der Waals surface area contributed by atoms with E-state index < -0.39 is 17.6 Å². The lowest BCUT2D eigenvalue weighted by molar-refractivity contribution is -0.113. The van der Waals surface area contributed by atoms with Gasteiger partial charge in [0.15, 0.2) is 4.32 Å². The molecule has 1 saturated heterocycles. The topological polar surface area (TPSA) is 98.1 Å². The molecule has 0 radical (unpaired) electrons. The number of aromatic hydroxyl groups is 2. The third-order valence-electron chi connectivity index (χ3n) is 3.49. The molecule has 8 heteroatoms. The van der Waals surface area contributed by atoms with Crippen LogP contribution in [-0.2, 0) is 4.79 Å². The van der Waals surface area contributed by atoms with Crippen molar-refractivity contribution in [2.75, 3.05) is 4.90 Å². The molecule has 3 N–H and O–H groups in total. The smallest absolute Gasteiger partial charge is 0.339 e. The predicted octanol–water partition coefficient (Wildman–Crippen LogP) is 3.20. The lowest BCUT2D eigenvalue weighted by Gasteiger charge is -2.15. The number of benzene rings is 2. The first-order valence-corrected chi connectivity index (χ1v) is 8.23. The van der Waals surface area contributed by atoms with Gasteiger partial charge in [-0.05, 0) is 30.3 Å². The van der Waals surface area contributed by atoms with E-state index >= 15 is 0 Å². The summed E-state index contributed by atoms with van der Waals surface area (Å²) in [6.45, 7) is 0. The van der Waals surface area contributed by atoms with E-state index in [1.54, 1.807) is 18.2 Å². The quantitative estimate of drug-likeness (QED) is 0.561. The predicted molar refractivity (Wildman–Crippen MR) is 98.8 cm³/mol. The highest BCUT2D eigenvalue weighted by Crippen LogP contribution is 2.38. The summed E-state index contributed by atoms with van der Waals surface area (Å²) in [6, 6.07) is 10.4. The molecule has 0 aromatic heterocycles. The monoisotopic (exact) mass is 373 g/mol. The van der Waals surface area contributed by atoms with Gasteiger partial charge >= 0.3 is 5.97 Å². The molecule has 25 heavy (non-hydrogen) atoms. The number of thioether (sulfide) groups is 1. The molecule has 6 nitrogen and oxygen atoms in total. The number of para-hydroxylation sites is 1. The maximum Gasteiger partial charge on any atom is 0.339 e. The molecule has 0 aliphatic carbocycles. The van der Waals surface area contributed by atoms with Crippen LogP contribution < -0.4 is 4.90 Å². The second-order valence-electron chi connectivity index (χ2n) is 5.08. The molecule has 3 rings (SSSR count). The number of hydrogen-bond donors (Lipinski definition) is 3. The van der Waals surface area contributed by atoms with Gasteiger partial charge in [-0.1, -0.05) is 42.2 Å². The fraction of sp³-hybridized carbons (Fsp3) is 0. The number of phenols is 2. The van der Waals surface area contributed by atoms with Crippen molar-refractivity contribution in [1.82, 2.24) is 0 Å². The van der Waals surface area contributed by atoms with Crippen LogP contribution in [-0.4, -0.2) is 31.5 Å². The van der Waals surface area contributed by atoms with Crippen molar-refractivity contribution < 1.29 is 24.9 Å². The lowest BCUT2D eigenvalue weighted by atomic mass is 10.1. The van der Waals surface area contributed by atoms with E-state index in [0.717, 1.165) is 11.8 Å². The van der Waals surface area contributed by atoms with Crippen LogP contribution in [0.1, 0.15) is 15.9 Å². The van der Waals surface area contributed by atoms with Gasteiger partial charge in [0.2, 0.25) is 0 Å². The number of carbonyl (C=O) groups excluding carboxylic acids is 1. The highest BCUT2D eigenvalue weighted by molar-refractivity contribution is 8.27. The minimum Gasteiger partial charge on any atom is -0.507 e. The third kappa shape index (κ3) is 3.21. The molecular weight excluding hydrogens is 362 g/mol. The van der Waals surface area contributed by atoms with Crippen molar-refractivity contribution in [1.29, 1.82) is 0 Å². The summed E-state index contributed by atoms with van der Waals surface area (Å²) >= 11 is 6.27. The normalized spacial score (nSPS) is 15.8. The molecule has 0 atom stereocenters. The molecule has 0 bridgehead atoms. The van der Waals surface area contributed by atoms with E-state index in [1.165, 1.54) is 35.2 Å². The summed E-state index contributed by atoms with van der Waals surface area (Å²) in [5, 5.41) is 28.5. The van der Waals surface area contributed by atoms with Gasteiger partial charge in [-0.15, -0.1) is 0 Å². The molecule has 0 unspecified atom stereocenters. The Morgan fingerprint density at radius 1 is 1.12 bits per heavy atom. The van der Waals surface area contributed by atoms with Gasteiger partial charge in [0.25, 0.3) is 5.91 Å². The Morgan fingerprint density at radius 2 is 1.84 bits per heavy atom. The number of nitrogens with zero attached hydrogens (tertiary/aromatic N) is 1. The van der Waals surface area contributed by atoms with Crippen LogP contribution in [0.4, 0.5) is 5.69 Å². The largest absolute Gasteiger partial charge is 0.507 e. The van der Waals surface area contributed by atoms with Crippen LogP contribution in [0.3, 0.4) is 0 Å². The number of carboxylic acids is 1. The maximum atomic E-state index is 12.7. The first kappa shape index (κ1) is 17.0. The van der Waals surface area contributed by atoms with Crippen LogP contribution in [0.25, 0.3) is 6.08 Å². The van der Waals surface area contributed by atoms with E-state index in [2.05, 4.69) is 0 Å².